The molecule has 82 valence electrons. The topological polar surface area (TPSA) is 32.3 Å². The van der Waals surface area contributed by atoms with Crippen molar-refractivity contribution in [2.75, 3.05) is 23.4 Å². The van der Waals surface area contributed by atoms with Crippen LogP contribution in [-0.4, -0.2) is 28.8 Å². The molecule has 1 saturated heterocycles. The van der Waals surface area contributed by atoms with Gasteiger partial charge >= 0.3 is 0 Å². The largest absolute Gasteiger partial charge is 0.394 e. The number of rotatable bonds is 3. The summed E-state index contributed by atoms with van der Waals surface area (Å²) in [6, 6.07) is 8.24. The number of hydrogen-bond donors (Lipinski definition) is 2. The van der Waals surface area contributed by atoms with Gasteiger partial charge in [-0.3, -0.25) is 0 Å². The number of nitrogens with one attached hydrogen (secondary N) is 1. The summed E-state index contributed by atoms with van der Waals surface area (Å²) < 4.78 is 0. The summed E-state index contributed by atoms with van der Waals surface area (Å²) in [6.45, 7) is 2.31. The molecule has 0 saturated carbocycles. The maximum absolute atomic E-state index is 9.49. The highest BCUT2D eigenvalue weighted by Gasteiger charge is 2.33. The molecular formula is C12H17NOS. The summed E-state index contributed by atoms with van der Waals surface area (Å²) in [5.41, 5.74) is 2.29. The SMILES string of the molecule is Cc1ccccc1NC1(CO)CCSC1. The lowest BCUT2D eigenvalue weighted by Gasteiger charge is -2.29. The molecule has 15 heavy (non-hydrogen) atoms. The van der Waals surface area contributed by atoms with Gasteiger partial charge in [-0.1, -0.05) is 18.2 Å². The first-order valence-electron chi connectivity index (χ1n) is 5.28. The number of benzene rings is 1. The van der Waals surface area contributed by atoms with Crippen molar-refractivity contribution in [3.63, 3.8) is 0 Å². The van der Waals surface area contributed by atoms with Crippen molar-refractivity contribution in [3.05, 3.63) is 29.8 Å². The summed E-state index contributed by atoms with van der Waals surface area (Å²) in [5.74, 6) is 2.14. The zero-order valence-electron chi connectivity index (χ0n) is 8.99. The molecule has 0 aromatic heterocycles. The maximum Gasteiger partial charge on any atom is 0.0701 e. The van der Waals surface area contributed by atoms with E-state index in [9.17, 15) is 5.11 Å². The van der Waals surface area contributed by atoms with E-state index in [-0.39, 0.29) is 12.1 Å². The fourth-order valence-electron chi connectivity index (χ4n) is 1.87. The summed E-state index contributed by atoms with van der Waals surface area (Å²) in [4.78, 5) is 0. The molecule has 1 aliphatic heterocycles. The van der Waals surface area contributed by atoms with Crippen LogP contribution in [-0.2, 0) is 0 Å². The normalized spacial score (nSPS) is 25.5. The van der Waals surface area contributed by atoms with Gasteiger partial charge in [0, 0.05) is 11.4 Å². The lowest BCUT2D eigenvalue weighted by atomic mass is 9.99. The summed E-state index contributed by atoms with van der Waals surface area (Å²) in [6.07, 6.45) is 1.04. The Morgan fingerprint density at radius 2 is 2.27 bits per heavy atom. The van der Waals surface area contributed by atoms with Gasteiger partial charge in [-0.25, -0.2) is 0 Å². The third-order valence-corrected chi connectivity index (χ3v) is 4.20. The van der Waals surface area contributed by atoms with Crippen LogP contribution in [0.1, 0.15) is 12.0 Å². The predicted molar refractivity (Wildman–Crippen MR) is 66.6 cm³/mol. The van der Waals surface area contributed by atoms with E-state index in [0.29, 0.717) is 0 Å². The number of hydrogen-bond acceptors (Lipinski definition) is 3. The Balaban J connectivity index is 2.16. The van der Waals surface area contributed by atoms with E-state index >= 15 is 0 Å². The van der Waals surface area contributed by atoms with E-state index in [2.05, 4.69) is 24.4 Å². The first-order chi connectivity index (χ1) is 7.26. The van der Waals surface area contributed by atoms with Crippen LogP contribution in [0.2, 0.25) is 0 Å². The van der Waals surface area contributed by atoms with E-state index in [1.54, 1.807) is 0 Å². The maximum atomic E-state index is 9.49. The minimum absolute atomic E-state index is 0.100. The van der Waals surface area contributed by atoms with Crippen LogP contribution in [0.25, 0.3) is 0 Å². The Kier molecular flexibility index (Phi) is 3.22. The van der Waals surface area contributed by atoms with E-state index < -0.39 is 0 Å². The highest BCUT2D eigenvalue weighted by atomic mass is 32.2. The van der Waals surface area contributed by atoms with Crippen LogP contribution < -0.4 is 5.32 Å². The molecule has 2 N–H and O–H groups in total. The van der Waals surface area contributed by atoms with Crippen LogP contribution in [0.3, 0.4) is 0 Å². The highest BCUT2D eigenvalue weighted by Crippen LogP contribution is 2.31. The molecule has 0 radical (unpaired) electrons. The Hall–Kier alpha value is -0.670. The molecule has 0 amide bonds. The van der Waals surface area contributed by atoms with Crippen molar-refractivity contribution in [1.82, 2.24) is 0 Å². The second-order valence-corrected chi connectivity index (χ2v) is 5.29. The highest BCUT2D eigenvalue weighted by molar-refractivity contribution is 7.99. The number of thioether (sulfide) groups is 1. The van der Waals surface area contributed by atoms with Crippen molar-refractivity contribution < 1.29 is 5.11 Å². The quantitative estimate of drug-likeness (QED) is 0.824. The summed E-state index contributed by atoms with van der Waals surface area (Å²) >= 11 is 1.91. The molecule has 1 aromatic carbocycles. The average molecular weight is 223 g/mol. The Morgan fingerprint density at radius 1 is 1.47 bits per heavy atom. The van der Waals surface area contributed by atoms with Gasteiger partial charge in [0.05, 0.1) is 12.1 Å². The molecule has 0 spiro atoms. The van der Waals surface area contributed by atoms with Gasteiger partial charge in [0.15, 0.2) is 0 Å². The van der Waals surface area contributed by atoms with Crippen molar-refractivity contribution in [3.8, 4) is 0 Å². The molecule has 1 unspecified atom stereocenters. The molecule has 1 atom stereocenters. The predicted octanol–water partition coefficient (Wildman–Crippen LogP) is 2.27. The molecule has 3 heteroatoms. The van der Waals surface area contributed by atoms with Gasteiger partial charge in [0.25, 0.3) is 0 Å². The van der Waals surface area contributed by atoms with Crippen LogP contribution in [0.5, 0.6) is 0 Å². The molecule has 0 aliphatic carbocycles. The van der Waals surface area contributed by atoms with Crippen molar-refractivity contribution >= 4 is 17.4 Å². The lowest BCUT2D eigenvalue weighted by Crippen LogP contribution is -2.42. The number of aliphatic hydroxyl groups excluding tert-OH is 1. The minimum atomic E-state index is -0.100. The third kappa shape index (κ3) is 2.29. The second-order valence-electron chi connectivity index (χ2n) is 4.18. The fraction of sp³-hybridized carbons (Fsp3) is 0.500. The van der Waals surface area contributed by atoms with Crippen LogP contribution in [0, 0.1) is 6.92 Å². The first-order valence-corrected chi connectivity index (χ1v) is 6.44. The van der Waals surface area contributed by atoms with E-state index in [1.165, 1.54) is 5.56 Å². The van der Waals surface area contributed by atoms with Gasteiger partial charge in [0.2, 0.25) is 0 Å². The molecule has 0 bridgehead atoms. The van der Waals surface area contributed by atoms with Crippen LogP contribution >= 0.6 is 11.8 Å². The summed E-state index contributed by atoms with van der Waals surface area (Å²) in [7, 11) is 0. The van der Waals surface area contributed by atoms with Crippen LogP contribution in [0.4, 0.5) is 5.69 Å². The number of aliphatic hydroxyl groups is 1. The zero-order valence-corrected chi connectivity index (χ0v) is 9.81. The third-order valence-electron chi connectivity index (χ3n) is 2.95. The lowest BCUT2D eigenvalue weighted by molar-refractivity contribution is 0.226. The monoisotopic (exact) mass is 223 g/mol. The minimum Gasteiger partial charge on any atom is -0.394 e. The van der Waals surface area contributed by atoms with Gasteiger partial charge in [-0.2, -0.15) is 11.8 Å². The second kappa shape index (κ2) is 4.45. The van der Waals surface area contributed by atoms with Crippen LogP contribution in [0.15, 0.2) is 24.3 Å². The molecule has 2 nitrogen and oxygen atoms in total. The van der Waals surface area contributed by atoms with Gasteiger partial charge in [-0.15, -0.1) is 0 Å². The van der Waals surface area contributed by atoms with E-state index in [1.807, 2.05) is 23.9 Å². The van der Waals surface area contributed by atoms with Crippen molar-refractivity contribution in [2.45, 2.75) is 18.9 Å². The molecule has 2 rings (SSSR count). The average Bonchev–Trinajstić information content (AvgIpc) is 2.71. The first kappa shape index (κ1) is 10.8. The smallest absolute Gasteiger partial charge is 0.0701 e. The molecule has 1 fully saturated rings. The van der Waals surface area contributed by atoms with Gasteiger partial charge in [-0.05, 0) is 30.7 Å². The molecular weight excluding hydrogens is 206 g/mol. The fourth-order valence-corrected chi connectivity index (χ4v) is 3.25. The van der Waals surface area contributed by atoms with Gasteiger partial charge < -0.3 is 10.4 Å². The Bertz CT molecular complexity index is 334. The molecule has 1 aromatic rings. The summed E-state index contributed by atoms with van der Waals surface area (Å²) in [5, 5.41) is 13.0. The van der Waals surface area contributed by atoms with E-state index in [4.69, 9.17) is 0 Å². The molecule has 1 aliphatic rings. The van der Waals surface area contributed by atoms with Crippen molar-refractivity contribution in [2.24, 2.45) is 0 Å². The standard InChI is InChI=1S/C12H17NOS/c1-10-4-2-3-5-11(10)13-12(8-14)6-7-15-9-12/h2-5,13-14H,6-9H2,1H3. The zero-order chi connectivity index (χ0) is 10.7. The number of para-hydroxylation sites is 1. The number of aryl methyl sites for hydroxylation is 1. The van der Waals surface area contributed by atoms with Gasteiger partial charge in [0.1, 0.15) is 0 Å². The Labute approximate surface area is 95.1 Å². The Morgan fingerprint density at radius 3 is 2.87 bits per heavy atom. The van der Waals surface area contributed by atoms with Crippen molar-refractivity contribution in [1.29, 1.82) is 0 Å². The number of anilines is 1. The molecule has 1 heterocycles. The van der Waals surface area contributed by atoms with E-state index in [0.717, 1.165) is 23.6 Å².